The maximum atomic E-state index is 12.3. The molecule has 2 aromatic heterocycles. The summed E-state index contributed by atoms with van der Waals surface area (Å²) < 4.78 is 5.38. The third-order valence-corrected chi connectivity index (χ3v) is 3.11. The zero-order valence-electron chi connectivity index (χ0n) is 11.7. The number of aromatic nitrogens is 3. The predicted molar refractivity (Wildman–Crippen MR) is 82.8 cm³/mol. The van der Waals surface area contributed by atoms with E-state index in [2.05, 4.69) is 20.5 Å². The minimum atomic E-state index is -0.209. The summed E-state index contributed by atoms with van der Waals surface area (Å²) >= 11 is 0. The van der Waals surface area contributed by atoms with Crippen molar-refractivity contribution in [1.29, 1.82) is 0 Å². The van der Waals surface area contributed by atoms with E-state index < -0.39 is 0 Å². The molecule has 1 aromatic carbocycles. The molecule has 0 radical (unpaired) electrons. The summed E-state index contributed by atoms with van der Waals surface area (Å²) in [6, 6.07) is 8.62. The number of hydrogen-bond acceptors (Lipinski definition) is 5. The van der Waals surface area contributed by atoms with Crippen molar-refractivity contribution in [2.24, 2.45) is 5.73 Å². The van der Waals surface area contributed by atoms with Gasteiger partial charge in [-0.2, -0.15) is 5.10 Å². The first-order valence-corrected chi connectivity index (χ1v) is 6.80. The summed E-state index contributed by atoms with van der Waals surface area (Å²) in [6.07, 6.45) is 3.24. The van der Waals surface area contributed by atoms with Gasteiger partial charge in [-0.15, -0.1) is 0 Å². The Morgan fingerprint density at radius 1 is 1.27 bits per heavy atom. The Morgan fingerprint density at radius 2 is 2.09 bits per heavy atom. The van der Waals surface area contributed by atoms with Crippen molar-refractivity contribution in [3.05, 3.63) is 48.3 Å². The fraction of sp³-hybridized carbons (Fsp3) is 0.133. The van der Waals surface area contributed by atoms with Crippen LogP contribution in [0.5, 0.6) is 5.75 Å². The van der Waals surface area contributed by atoms with Gasteiger partial charge in [0.25, 0.3) is 5.91 Å². The highest BCUT2D eigenvalue weighted by molar-refractivity contribution is 6.08. The van der Waals surface area contributed by atoms with Crippen LogP contribution in [0.3, 0.4) is 0 Å². The number of benzene rings is 1. The van der Waals surface area contributed by atoms with Gasteiger partial charge in [0.05, 0.1) is 17.3 Å². The molecule has 0 aliphatic heterocycles. The highest BCUT2D eigenvalue weighted by atomic mass is 16.5. The van der Waals surface area contributed by atoms with E-state index >= 15 is 0 Å². The molecule has 4 N–H and O–H groups in total. The lowest BCUT2D eigenvalue weighted by Gasteiger charge is -2.07. The fourth-order valence-electron chi connectivity index (χ4n) is 2.03. The van der Waals surface area contributed by atoms with Crippen molar-refractivity contribution < 1.29 is 9.53 Å². The number of nitrogens with two attached hydrogens (primary N) is 1. The Balaban J connectivity index is 1.75. The molecule has 0 unspecified atom stereocenters. The van der Waals surface area contributed by atoms with Crippen molar-refractivity contribution >= 4 is 22.6 Å². The number of H-pyrrole nitrogens is 1. The molecule has 1 amide bonds. The molecule has 0 aliphatic carbocycles. The second kappa shape index (κ2) is 6.23. The van der Waals surface area contributed by atoms with Crippen molar-refractivity contribution in [3.63, 3.8) is 0 Å². The van der Waals surface area contributed by atoms with Crippen LogP contribution in [-0.4, -0.2) is 34.2 Å². The normalized spacial score (nSPS) is 10.6. The Kier molecular flexibility index (Phi) is 3.97. The number of fused-ring (bicyclic) bond motifs is 1. The van der Waals surface area contributed by atoms with Crippen molar-refractivity contribution in [2.75, 3.05) is 18.5 Å². The molecule has 0 spiro atoms. The Bertz CT molecular complexity index is 782. The number of carbonyl (C=O) groups is 1. The van der Waals surface area contributed by atoms with Gasteiger partial charge in [0.1, 0.15) is 12.4 Å². The third-order valence-electron chi connectivity index (χ3n) is 3.11. The largest absolute Gasteiger partial charge is 0.492 e. The Labute approximate surface area is 126 Å². The molecule has 22 heavy (non-hydrogen) atoms. The Morgan fingerprint density at radius 3 is 2.86 bits per heavy atom. The van der Waals surface area contributed by atoms with Gasteiger partial charge in [-0.1, -0.05) is 0 Å². The lowest BCUT2D eigenvalue weighted by molar-refractivity contribution is 0.102. The smallest absolute Gasteiger partial charge is 0.255 e. The van der Waals surface area contributed by atoms with Gasteiger partial charge in [0.15, 0.2) is 5.65 Å². The maximum absolute atomic E-state index is 12.3. The second-order valence-corrected chi connectivity index (χ2v) is 4.61. The minimum absolute atomic E-state index is 0.209. The molecule has 0 saturated heterocycles. The number of aromatic amines is 1. The van der Waals surface area contributed by atoms with Crippen molar-refractivity contribution in [1.82, 2.24) is 15.2 Å². The molecular formula is C15H15N5O2. The van der Waals surface area contributed by atoms with Gasteiger partial charge in [-0.3, -0.25) is 9.89 Å². The number of ether oxygens (including phenoxy) is 1. The SMILES string of the molecule is NCCOc1ccc(C(=O)Nc2ccnc3[nH]ncc23)cc1. The van der Waals surface area contributed by atoms with E-state index in [0.29, 0.717) is 35.8 Å². The van der Waals surface area contributed by atoms with Crippen LogP contribution in [0.25, 0.3) is 11.0 Å². The third kappa shape index (κ3) is 2.89. The molecule has 7 nitrogen and oxygen atoms in total. The summed E-state index contributed by atoms with van der Waals surface area (Å²) in [5.74, 6) is 0.474. The lowest BCUT2D eigenvalue weighted by Crippen LogP contribution is -2.13. The van der Waals surface area contributed by atoms with Crippen LogP contribution in [0.1, 0.15) is 10.4 Å². The predicted octanol–water partition coefficient (Wildman–Crippen LogP) is 1.55. The molecule has 0 bridgehead atoms. The number of carbonyl (C=O) groups excluding carboxylic acids is 1. The molecule has 2 heterocycles. The quantitative estimate of drug-likeness (QED) is 0.662. The summed E-state index contributed by atoms with van der Waals surface area (Å²) in [6.45, 7) is 0.895. The molecular weight excluding hydrogens is 282 g/mol. The van der Waals surface area contributed by atoms with Crippen molar-refractivity contribution in [2.45, 2.75) is 0 Å². The van der Waals surface area contributed by atoms with Crippen molar-refractivity contribution in [3.8, 4) is 5.75 Å². The first-order valence-electron chi connectivity index (χ1n) is 6.80. The molecule has 0 atom stereocenters. The minimum Gasteiger partial charge on any atom is -0.492 e. The number of nitrogens with zero attached hydrogens (tertiary/aromatic N) is 2. The summed E-state index contributed by atoms with van der Waals surface area (Å²) in [5.41, 5.74) is 7.20. The van der Waals surface area contributed by atoms with E-state index in [-0.39, 0.29) is 5.91 Å². The van der Waals surface area contributed by atoms with Gasteiger partial charge in [0, 0.05) is 18.3 Å². The van der Waals surface area contributed by atoms with Gasteiger partial charge >= 0.3 is 0 Å². The average molecular weight is 297 g/mol. The number of amides is 1. The van der Waals surface area contributed by atoms with Crippen LogP contribution >= 0.6 is 0 Å². The first-order chi connectivity index (χ1) is 10.8. The summed E-state index contributed by atoms with van der Waals surface area (Å²) in [7, 11) is 0. The van der Waals surface area contributed by atoms with E-state index in [4.69, 9.17) is 10.5 Å². The zero-order valence-corrected chi connectivity index (χ0v) is 11.7. The number of rotatable bonds is 5. The van der Waals surface area contributed by atoms with E-state index in [1.807, 2.05) is 0 Å². The molecule has 112 valence electrons. The van der Waals surface area contributed by atoms with Crippen LogP contribution in [0, 0.1) is 0 Å². The average Bonchev–Trinajstić information content (AvgIpc) is 3.03. The van der Waals surface area contributed by atoms with Crippen LogP contribution < -0.4 is 15.8 Å². The molecule has 3 aromatic rings. The highest BCUT2D eigenvalue weighted by Gasteiger charge is 2.10. The second-order valence-electron chi connectivity index (χ2n) is 4.61. The van der Waals surface area contributed by atoms with Gasteiger partial charge in [-0.25, -0.2) is 4.98 Å². The zero-order chi connectivity index (χ0) is 15.4. The van der Waals surface area contributed by atoms with Gasteiger partial charge in [-0.05, 0) is 30.3 Å². The monoisotopic (exact) mass is 297 g/mol. The lowest BCUT2D eigenvalue weighted by atomic mass is 10.2. The Hall–Kier alpha value is -2.93. The summed E-state index contributed by atoms with van der Waals surface area (Å²) in [5, 5.41) is 10.3. The van der Waals surface area contributed by atoms with E-state index in [9.17, 15) is 4.79 Å². The van der Waals surface area contributed by atoms with Gasteiger partial charge in [0.2, 0.25) is 0 Å². The first kappa shape index (κ1) is 14.0. The topological polar surface area (TPSA) is 106 Å². The van der Waals surface area contributed by atoms with Crippen LogP contribution in [0.15, 0.2) is 42.7 Å². The molecule has 0 saturated carbocycles. The number of nitrogens with one attached hydrogen (secondary N) is 2. The summed E-state index contributed by atoms with van der Waals surface area (Å²) in [4.78, 5) is 16.4. The number of anilines is 1. The van der Waals surface area contributed by atoms with E-state index in [0.717, 1.165) is 5.39 Å². The molecule has 0 fully saturated rings. The highest BCUT2D eigenvalue weighted by Crippen LogP contribution is 2.20. The number of hydrogen-bond donors (Lipinski definition) is 3. The number of pyridine rings is 1. The van der Waals surface area contributed by atoms with Crippen LogP contribution in [0.4, 0.5) is 5.69 Å². The van der Waals surface area contributed by atoms with E-state index in [1.165, 1.54) is 0 Å². The molecule has 3 rings (SSSR count). The van der Waals surface area contributed by atoms with E-state index in [1.54, 1.807) is 42.7 Å². The molecule has 7 heteroatoms. The van der Waals surface area contributed by atoms with Crippen LogP contribution in [-0.2, 0) is 0 Å². The van der Waals surface area contributed by atoms with Gasteiger partial charge < -0.3 is 15.8 Å². The van der Waals surface area contributed by atoms with Crippen LogP contribution in [0.2, 0.25) is 0 Å². The molecule has 0 aliphatic rings. The fourth-order valence-corrected chi connectivity index (χ4v) is 2.03. The standard InChI is InChI=1S/C15H15N5O2/c16-6-8-22-11-3-1-10(2-4-11)15(21)19-13-5-7-17-14-12(13)9-18-20-14/h1-5,7,9H,6,8,16H2,(H2,17,18,19,20,21). The maximum Gasteiger partial charge on any atom is 0.255 e.